The summed E-state index contributed by atoms with van der Waals surface area (Å²) < 4.78 is 0. The van der Waals surface area contributed by atoms with Gasteiger partial charge in [-0.15, -0.1) is 0 Å². The van der Waals surface area contributed by atoms with Gasteiger partial charge in [-0.05, 0) is 43.0 Å². The normalized spacial score (nSPS) is 30.5. The van der Waals surface area contributed by atoms with Gasteiger partial charge in [0.05, 0.1) is 5.54 Å². The van der Waals surface area contributed by atoms with Crippen LogP contribution in [0.1, 0.15) is 36.1 Å². The third-order valence-electron chi connectivity index (χ3n) is 5.36. The van der Waals surface area contributed by atoms with Crippen molar-refractivity contribution in [3.05, 3.63) is 64.7 Å². The molecule has 1 heteroatoms. The van der Waals surface area contributed by atoms with Crippen LogP contribution >= 0.6 is 0 Å². The van der Waals surface area contributed by atoms with Gasteiger partial charge in [-0.25, -0.2) is 0 Å². The van der Waals surface area contributed by atoms with Crippen molar-refractivity contribution in [2.75, 3.05) is 5.32 Å². The van der Waals surface area contributed by atoms with E-state index in [1.807, 2.05) is 0 Å². The lowest BCUT2D eigenvalue weighted by Crippen LogP contribution is -2.42. The molecular formula is C18H19N. The molecule has 0 saturated carbocycles. The number of aryl methyl sites for hydroxylation is 1. The van der Waals surface area contributed by atoms with Crippen molar-refractivity contribution < 1.29 is 0 Å². The molecule has 2 atom stereocenters. The quantitative estimate of drug-likeness (QED) is 0.739. The van der Waals surface area contributed by atoms with Gasteiger partial charge >= 0.3 is 0 Å². The van der Waals surface area contributed by atoms with Crippen LogP contribution in [0.3, 0.4) is 0 Å². The first-order valence-corrected chi connectivity index (χ1v) is 7.02. The van der Waals surface area contributed by atoms with Crippen molar-refractivity contribution in [1.82, 2.24) is 0 Å². The van der Waals surface area contributed by atoms with E-state index < -0.39 is 0 Å². The Morgan fingerprint density at radius 2 is 1.79 bits per heavy atom. The Labute approximate surface area is 114 Å². The number of benzene rings is 2. The average molecular weight is 249 g/mol. The summed E-state index contributed by atoms with van der Waals surface area (Å²) in [6.07, 6.45) is 1.13. The molecule has 4 rings (SSSR count). The molecule has 0 amide bonds. The maximum absolute atomic E-state index is 3.80. The van der Waals surface area contributed by atoms with E-state index in [-0.39, 0.29) is 11.0 Å². The summed E-state index contributed by atoms with van der Waals surface area (Å²) in [6, 6.07) is 15.7. The molecular weight excluding hydrogens is 230 g/mol. The second-order valence-electron chi connectivity index (χ2n) is 6.47. The molecule has 96 valence electrons. The van der Waals surface area contributed by atoms with Gasteiger partial charge in [0.15, 0.2) is 0 Å². The monoisotopic (exact) mass is 249 g/mol. The van der Waals surface area contributed by atoms with Gasteiger partial charge in [0.25, 0.3) is 0 Å². The number of fused-ring (bicyclic) bond motifs is 5. The fraction of sp³-hybridized carbons (Fsp3) is 0.333. The van der Waals surface area contributed by atoms with E-state index in [9.17, 15) is 0 Å². The maximum Gasteiger partial charge on any atom is 0.0697 e. The molecule has 2 aromatic rings. The topological polar surface area (TPSA) is 12.0 Å². The van der Waals surface area contributed by atoms with E-state index in [1.54, 1.807) is 0 Å². The van der Waals surface area contributed by atoms with Crippen molar-refractivity contribution in [1.29, 1.82) is 0 Å². The number of hydrogen-bond acceptors (Lipinski definition) is 1. The Bertz CT molecular complexity index is 688. The Kier molecular flexibility index (Phi) is 1.88. The fourth-order valence-electron chi connectivity index (χ4n) is 4.08. The molecule has 1 N–H and O–H groups in total. The zero-order chi connectivity index (χ0) is 13.3. The van der Waals surface area contributed by atoms with Gasteiger partial charge in [-0.2, -0.15) is 0 Å². The smallest absolute Gasteiger partial charge is 0.0697 e. The standard InChI is InChI=1S/C18H19N/c1-12-8-9-16-15(10-12)17(2)11-13-6-4-5-7-14(13)18(17,3)19-16/h4-10,19H,11H2,1-3H3/t17-,18-/m1/s1. The van der Waals surface area contributed by atoms with Crippen molar-refractivity contribution in [3.8, 4) is 0 Å². The highest BCUT2D eigenvalue weighted by atomic mass is 15.1. The second kappa shape index (κ2) is 3.22. The zero-order valence-electron chi connectivity index (χ0n) is 11.7. The van der Waals surface area contributed by atoms with Crippen LogP contribution in [0.4, 0.5) is 5.69 Å². The van der Waals surface area contributed by atoms with Crippen molar-refractivity contribution in [2.24, 2.45) is 0 Å². The molecule has 1 aliphatic carbocycles. The lowest BCUT2D eigenvalue weighted by molar-refractivity contribution is 0.341. The van der Waals surface area contributed by atoms with Gasteiger partial charge in [0.2, 0.25) is 0 Å². The molecule has 0 unspecified atom stereocenters. The summed E-state index contributed by atoms with van der Waals surface area (Å²) in [5.41, 5.74) is 7.29. The van der Waals surface area contributed by atoms with Crippen molar-refractivity contribution in [2.45, 2.75) is 38.1 Å². The third-order valence-corrected chi connectivity index (χ3v) is 5.36. The van der Waals surface area contributed by atoms with Crippen molar-refractivity contribution in [3.63, 3.8) is 0 Å². The van der Waals surface area contributed by atoms with Crippen LogP contribution in [-0.4, -0.2) is 0 Å². The van der Waals surface area contributed by atoms with Gasteiger partial charge < -0.3 is 5.32 Å². The van der Waals surface area contributed by atoms with E-state index in [0.717, 1.165) is 6.42 Å². The summed E-state index contributed by atoms with van der Waals surface area (Å²) >= 11 is 0. The van der Waals surface area contributed by atoms with Gasteiger partial charge in [0.1, 0.15) is 0 Å². The van der Waals surface area contributed by atoms with Crippen LogP contribution < -0.4 is 5.32 Å². The molecule has 1 nitrogen and oxygen atoms in total. The largest absolute Gasteiger partial charge is 0.375 e. The Balaban J connectivity index is 1.99. The highest BCUT2D eigenvalue weighted by Crippen LogP contribution is 2.59. The number of nitrogens with one attached hydrogen (secondary N) is 1. The van der Waals surface area contributed by atoms with Crippen LogP contribution in [0.5, 0.6) is 0 Å². The predicted molar refractivity (Wildman–Crippen MR) is 79.7 cm³/mol. The molecule has 19 heavy (non-hydrogen) atoms. The molecule has 0 bridgehead atoms. The first-order chi connectivity index (χ1) is 9.04. The molecule has 0 saturated heterocycles. The third kappa shape index (κ3) is 1.16. The van der Waals surface area contributed by atoms with Gasteiger partial charge in [-0.3, -0.25) is 0 Å². The molecule has 1 heterocycles. The Morgan fingerprint density at radius 1 is 1.00 bits per heavy atom. The van der Waals surface area contributed by atoms with Crippen LogP contribution in [0.25, 0.3) is 0 Å². The molecule has 0 spiro atoms. The minimum absolute atomic E-state index is 0.0275. The Hall–Kier alpha value is -1.76. The number of rotatable bonds is 0. The number of anilines is 1. The van der Waals surface area contributed by atoms with Gasteiger partial charge in [0, 0.05) is 11.1 Å². The summed E-state index contributed by atoms with van der Waals surface area (Å²) in [5.74, 6) is 0. The number of hydrogen-bond donors (Lipinski definition) is 1. The predicted octanol–water partition coefficient (Wildman–Crippen LogP) is 4.15. The van der Waals surface area contributed by atoms with Crippen LogP contribution in [0.15, 0.2) is 42.5 Å². The minimum atomic E-state index is 0.0275. The lowest BCUT2D eigenvalue weighted by Gasteiger charge is -2.36. The van der Waals surface area contributed by atoms with E-state index in [0.29, 0.717) is 0 Å². The SMILES string of the molecule is Cc1ccc2c(c1)[C@@]1(C)Cc3ccccc3[C@@]1(C)N2. The van der Waals surface area contributed by atoms with Crippen LogP contribution in [0, 0.1) is 6.92 Å². The molecule has 0 radical (unpaired) electrons. The zero-order valence-corrected chi connectivity index (χ0v) is 11.7. The maximum atomic E-state index is 3.80. The molecule has 1 aliphatic heterocycles. The molecule has 0 fully saturated rings. The summed E-state index contributed by atoms with van der Waals surface area (Å²) in [4.78, 5) is 0. The average Bonchev–Trinajstić information content (AvgIpc) is 2.74. The minimum Gasteiger partial charge on any atom is -0.375 e. The van der Waals surface area contributed by atoms with Gasteiger partial charge in [-0.1, -0.05) is 48.9 Å². The molecule has 0 aromatic heterocycles. The molecule has 2 aliphatic rings. The Morgan fingerprint density at radius 3 is 2.63 bits per heavy atom. The molecule has 2 aromatic carbocycles. The second-order valence-corrected chi connectivity index (χ2v) is 6.47. The van der Waals surface area contributed by atoms with E-state index in [1.165, 1.54) is 27.9 Å². The van der Waals surface area contributed by atoms with E-state index >= 15 is 0 Å². The first-order valence-electron chi connectivity index (χ1n) is 7.02. The summed E-state index contributed by atoms with van der Waals surface area (Å²) in [7, 11) is 0. The fourth-order valence-corrected chi connectivity index (χ4v) is 4.08. The highest BCUT2D eigenvalue weighted by Gasteiger charge is 2.57. The lowest BCUT2D eigenvalue weighted by atomic mass is 9.71. The van der Waals surface area contributed by atoms with E-state index in [2.05, 4.69) is 68.6 Å². The first kappa shape index (κ1) is 11.1. The summed E-state index contributed by atoms with van der Waals surface area (Å²) in [5, 5.41) is 3.80. The van der Waals surface area contributed by atoms with Crippen LogP contribution in [0.2, 0.25) is 0 Å². The van der Waals surface area contributed by atoms with Crippen molar-refractivity contribution >= 4 is 5.69 Å². The highest BCUT2D eigenvalue weighted by molar-refractivity contribution is 5.70. The summed E-state index contributed by atoms with van der Waals surface area (Å²) in [6.45, 7) is 6.95. The van der Waals surface area contributed by atoms with Crippen LogP contribution in [-0.2, 0) is 17.4 Å². The van der Waals surface area contributed by atoms with E-state index in [4.69, 9.17) is 0 Å².